The summed E-state index contributed by atoms with van der Waals surface area (Å²) in [4.78, 5) is 0. The first-order chi connectivity index (χ1) is 5.20. The molecule has 0 spiro atoms. The van der Waals surface area contributed by atoms with E-state index >= 15 is 0 Å². The van der Waals surface area contributed by atoms with E-state index in [0.717, 1.165) is 19.3 Å². The Labute approximate surface area is 66.4 Å². The van der Waals surface area contributed by atoms with Crippen LogP contribution in [0.25, 0.3) is 0 Å². The van der Waals surface area contributed by atoms with Gasteiger partial charge in [-0.3, -0.25) is 0 Å². The third kappa shape index (κ3) is 1.36. The molecule has 0 aromatic rings. The Kier molecular flexibility index (Phi) is 2.28. The molecule has 0 bridgehead atoms. The van der Waals surface area contributed by atoms with Crippen molar-refractivity contribution in [2.24, 2.45) is 17.8 Å². The van der Waals surface area contributed by atoms with Crippen molar-refractivity contribution in [2.45, 2.75) is 32.6 Å². The van der Waals surface area contributed by atoms with E-state index in [1.54, 1.807) is 0 Å². The van der Waals surface area contributed by atoms with Gasteiger partial charge in [-0.15, -0.1) is 0 Å². The lowest BCUT2D eigenvalue weighted by Gasteiger charge is -2.19. The second-order valence-corrected chi connectivity index (χ2v) is 3.33. The van der Waals surface area contributed by atoms with Crippen LogP contribution in [0.3, 0.4) is 0 Å². The molecule has 0 aliphatic heterocycles. The van der Waals surface area contributed by atoms with Gasteiger partial charge in [-0.25, -0.2) is 0 Å². The first-order valence-electron chi connectivity index (χ1n) is 4.79. The molecule has 58 valence electrons. The SMILES string of the molecule is [2H]C1CC(C[CH2])C(C[CH2])C1C. The first-order valence-corrected chi connectivity index (χ1v) is 4.21. The van der Waals surface area contributed by atoms with Crippen LogP contribution in [0.4, 0.5) is 0 Å². The third-order valence-corrected chi connectivity index (χ3v) is 2.80. The minimum atomic E-state index is 0.147. The van der Waals surface area contributed by atoms with Crippen LogP contribution in [0.15, 0.2) is 0 Å². The van der Waals surface area contributed by atoms with E-state index in [9.17, 15) is 0 Å². The Bertz CT molecular complexity index is 122. The smallest absolute Gasteiger partial charge is 0.0269 e. The van der Waals surface area contributed by atoms with Crippen molar-refractivity contribution in [2.75, 3.05) is 0 Å². The van der Waals surface area contributed by atoms with Gasteiger partial charge in [-0.1, -0.05) is 33.6 Å². The molecule has 0 heterocycles. The van der Waals surface area contributed by atoms with Gasteiger partial charge in [0.15, 0.2) is 0 Å². The zero-order chi connectivity index (χ0) is 8.43. The van der Waals surface area contributed by atoms with Gasteiger partial charge < -0.3 is 0 Å². The maximum atomic E-state index is 7.75. The van der Waals surface area contributed by atoms with E-state index in [0.29, 0.717) is 17.8 Å². The van der Waals surface area contributed by atoms with Crippen LogP contribution in [0.5, 0.6) is 0 Å². The van der Waals surface area contributed by atoms with Crippen molar-refractivity contribution in [3.63, 3.8) is 0 Å². The highest BCUT2D eigenvalue weighted by Crippen LogP contribution is 2.40. The Morgan fingerprint density at radius 1 is 1.50 bits per heavy atom. The van der Waals surface area contributed by atoms with Gasteiger partial charge in [0.1, 0.15) is 0 Å². The Morgan fingerprint density at radius 2 is 2.20 bits per heavy atom. The van der Waals surface area contributed by atoms with Crippen molar-refractivity contribution in [1.82, 2.24) is 0 Å². The molecule has 10 heavy (non-hydrogen) atoms. The summed E-state index contributed by atoms with van der Waals surface area (Å²) < 4.78 is 7.75. The predicted molar refractivity (Wildman–Crippen MR) is 45.3 cm³/mol. The summed E-state index contributed by atoms with van der Waals surface area (Å²) >= 11 is 0. The van der Waals surface area contributed by atoms with Gasteiger partial charge >= 0.3 is 0 Å². The second-order valence-electron chi connectivity index (χ2n) is 3.33. The lowest BCUT2D eigenvalue weighted by Crippen LogP contribution is -2.10. The molecule has 1 saturated carbocycles. The summed E-state index contributed by atoms with van der Waals surface area (Å²) in [6.45, 7) is 10.0. The van der Waals surface area contributed by atoms with Gasteiger partial charge in [0.05, 0.1) is 0 Å². The Morgan fingerprint density at radius 3 is 2.60 bits per heavy atom. The minimum Gasteiger partial charge on any atom is -0.0622 e. The van der Waals surface area contributed by atoms with Crippen molar-refractivity contribution >= 4 is 0 Å². The fraction of sp³-hybridized carbons (Fsp3) is 0.800. The zero-order valence-electron chi connectivity index (χ0n) is 7.84. The fourth-order valence-corrected chi connectivity index (χ4v) is 2.00. The van der Waals surface area contributed by atoms with Crippen molar-refractivity contribution in [1.29, 1.82) is 0 Å². The van der Waals surface area contributed by atoms with Crippen LogP contribution in [0.2, 0.25) is 0 Å². The van der Waals surface area contributed by atoms with Gasteiger partial charge in [-0.05, 0) is 30.6 Å². The van der Waals surface area contributed by atoms with E-state index in [4.69, 9.17) is 1.37 Å². The van der Waals surface area contributed by atoms with E-state index < -0.39 is 0 Å². The molecule has 4 unspecified atom stereocenters. The summed E-state index contributed by atoms with van der Waals surface area (Å²) in [5, 5.41) is 0. The van der Waals surface area contributed by atoms with Gasteiger partial charge in [0, 0.05) is 1.37 Å². The van der Waals surface area contributed by atoms with Crippen LogP contribution in [0.1, 0.15) is 34.0 Å². The highest BCUT2D eigenvalue weighted by Gasteiger charge is 2.30. The molecule has 4 atom stereocenters. The zero-order valence-corrected chi connectivity index (χ0v) is 6.84. The monoisotopic (exact) mass is 139 g/mol. The first kappa shape index (κ1) is 6.69. The Hall–Kier alpha value is 0. The van der Waals surface area contributed by atoms with Gasteiger partial charge in [0.2, 0.25) is 0 Å². The summed E-state index contributed by atoms with van der Waals surface area (Å²) in [6.07, 6.45) is 3.16. The molecular weight excluding hydrogens is 120 g/mol. The molecule has 1 aliphatic carbocycles. The van der Waals surface area contributed by atoms with Crippen LogP contribution >= 0.6 is 0 Å². The molecule has 0 heteroatoms. The average molecular weight is 139 g/mol. The quantitative estimate of drug-likeness (QED) is 0.551. The van der Waals surface area contributed by atoms with Crippen LogP contribution < -0.4 is 0 Å². The van der Waals surface area contributed by atoms with Crippen LogP contribution in [-0.2, 0) is 0 Å². The molecule has 1 fully saturated rings. The lowest BCUT2D eigenvalue weighted by molar-refractivity contribution is 0.330. The van der Waals surface area contributed by atoms with E-state index in [1.807, 2.05) is 0 Å². The summed E-state index contributed by atoms with van der Waals surface area (Å²) in [5.41, 5.74) is 0. The van der Waals surface area contributed by atoms with Crippen LogP contribution in [0, 0.1) is 31.6 Å². The largest absolute Gasteiger partial charge is 0.0622 e. The van der Waals surface area contributed by atoms with Crippen molar-refractivity contribution in [3.05, 3.63) is 13.8 Å². The predicted octanol–water partition coefficient (Wildman–Crippen LogP) is 3.10. The molecule has 1 rings (SSSR count). The molecule has 2 radical (unpaired) electrons. The minimum absolute atomic E-state index is 0.147. The normalized spacial score (nSPS) is 49.3. The standard InChI is InChI=1S/C10H18/c1-4-9-7-6-8(3)10(9)5-2/h8-10H,1-2,4-7H2,3H3/i6D. The lowest BCUT2D eigenvalue weighted by atomic mass is 9.87. The summed E-state index contributed by atoms with van der Waals surface area (Å²) in [7, 11) is 0. The highest BCUT2D eigenvalue weighted by molar-refractivity contribution is 4.83. The molecule has 0 aromatic heterocycles. The van der Waals surface area contributed by atoms with E-state index in [1.165, 1.54) is 0 Å². The summed E-state index contributed by atoms with van der Waals surface area (Å²) in [5.74, 6) is 1.87. The molecule has 0 N–H and O–H groups in total. The molecule has 0 aromatic carbocycles. The second kappa shape index (κ2) is 3.41. The third-order valence-electron chi connectivity index (χ3n) is 2.80. The average Bonchev–Trinajstić information content (AvgIpc) is 2.28. The molecule has 0 amide bonds. The molecular formula is C10H18. The molecule has 0 nitrogen and oxygen atoms in total. The number of hydrogen-bond acceptors (Lipinski definition) is 0. The van der Waals surface area contributed by atoms with Crippen LogP contribution in [-0.4, -0.2) is 0 Å². The van der Waals surface area contributed by atoms with E-state index in [2.05, 4.69) is 20.8 Å². The van der Waals surface area contributed by atoms with Gasteiger partial charge in [-0.2, -0.15) is 0 Å². The highest BCUT2D eigenvalue weighted by atomic mass is 14.3. The van der Waals surface area contributed by atoms with Crippen molar-refractivity contribution < 1.29 is 1.37 Å². The topological polar surface area (TPSA) is 0 Å². The number of rotatable bonds is 2. The maximum absolute atomic E-state index is 7.75. The summed E-state index contributed by atoms with van der Waals surface area (Å²) in [6, 6.07) is 0. The Balaban J connectivity index is 2.57. The van der Waals surface area contributed by atoms with Gasteiger partial charge in [0.25, 0.3) is 0 Å². The fourth-order valence-electron chi connectivity index (χ4n) is 2.00. The van der Waals surface area contributed by atoms with Crippen molar-refractivity contribution in [3.8, 4) is 0 Å². The molecule has 1 aliphatic rings. The maximum Gasteiger partial charge on any atom is 0.0269 e. The van der Waals surface area contributed by atoms with E-state index in [-0.39, 0.29) is 6.40 Å². The number of hydrogen-bond donors (Lipinski definition) is 0. The molecule has 0 saturated heterocycles.